The first kappa shape index (κ1) is 14.4. The van der Waals surface area contributed by atoms with Gasteiger partial charge in [-0.1, -0.05) is 22.0 Å². The van der Waals surface area contributed by atoms with Gasteiger partial charge in [-0.2, -0.15) is 5.10 Å². The van der Waals surface area contributed by atoms with Crippen molar-refractivity contribution in [2.45, 2.75) is 25.8 Å². The standard InChI is InChI=1S/C17H15BrN4O/c1-10-15(16-19-7-2-8-22(16)21-10)17(23)20-14-6-3-11-9-12(18)4-5-13(11)14/h2,4-5,7-9,14H,3,6H2,1H3,(H,20,23). The quantitative estimate of drug-likeness (QED) is 0.753. The van der Waals surface area contributed by atoms with Gasteiger partial charge in [0, 0.05) is 16.9 Å². The van der Waals surface area contributed by atoms with Crippen molar-refractivity contribution in [1.82, 2.24) is 19.9 Å². The van der Waals surface area contributed by atoms with Gasteiger partial charge in [-0.05, 0) is 49.1 Å². The average Bonchev–Trinajstić information content (AvgIpc) is 3.07. The lowest BCUT2D eigenvalue weighted by atomic mass is 10.1. The van der Waals surface area contributed by atoms with Gasteiger partial charge in [-0.15, -0.1) is 0 Å². The predicted octanol–water partition coefficient (Wildman–Crippen LogP) is 3.22. The normalized spacial score (nSPS) is 16.5. The Kier molecular flexibility index (Phi) is 3.41. The molecule has 116 valence electrons. The molecule has 1 aliphatic rings. The van der Waals surface area contributed by atoms with Crippen LogP contribution in [0, 0.1) is 6.92 Å². The number of benzene rings is 1. The van der Waals surface area contributed by atoms with E-state index in [1.807, 2.05) is 13.0 Å². The van der Waals surface area contributed by atoms with E-state index < -0.39 is 0 Å². The zero-order valence-electron chi connectivity index (χ0n) is 12.6. The molecule has 0 radical (unpaired) electrons. The van der Waals surface area contributed by atoms with Crippen molar-refractivity contribution in [2.24, 2.45) is 0 Å². The van der Waals surface area contributed by atoms with E-state index in [1.54, 1.807) is 23.0 Å². The van der Waals surface area contributed by atoms with Crippen molar-refractivity contribution in [3.63, 3.8) is 0 Å². The van der Waals surface area contributed by atoms with Crippen LogP contribution in [0.25, 0.3) is 5.65 Å². The second kappa shape index (κ2) is 5.45. The van der Waals surface area contributed by atoms with Crippen molar-refractivity contribution in [3.05, 3.63) is 63.5 Å². The van der Waals surface area contributed by atoms with Gasteiger partial charge in [0.2, 0.25) is 0 Å². The monoisotopic (exact) mass is 370 g/mol. The summed E-state index contributed by atoms with van der Waals surface area (Å²) >= 11 is 3.50. The summed E-state index contributed by atoms with van der Waals surface area (Å²) in [5, 5.41) is 7.49. The van der Waals surface area contributed by atoms with Gasteiger partial charge in [0.1, 0.15) is 5.56 Å². The molecule has 2 heterocycles. The molecule has 0 saturated carbocycles. The fourth-order valence-corrected chi connectivity index (χ4v) is 3.64. The minimum atomic E-state index is -0.114. The third-order valence-electron chi connectivity index (χ3n) is 4.29. The van der Waals surface area contributed by atoms with Crippen molar-refractivity contribution in [1.29, 1.82) is 0 Å². The third kappa shape index (κ3) is 2.43. The molecule has 0 saturated heterocycles. The highest BCUT2D eigenvalue weighted by atomic mass is 79.9. The van der Waals surface area contributed by atoms with Crippen LogP contribution < -0.4 is 5.32 Å². The molecule has 6 heteroatoms. The number of nitrogens with one attached hydrogen (secondary N) is 1. The van der Waals surface area contributed by atoms with E-state index >= 15 is 0 Å². The van der Waals surface area contributed by atoms with Gasteiger partial charge < -0.3 is 5.32 Å². The van der Waals surface area contributed by atoms with Crippen LogP contribution in [0.4, 0.5) is 0 Å². The summed E-state index contributed by atoms with van der Waals surface area (Å²) in [5.74, 6) is -0.114. The first-order valence-corrected chi connectivity index (χ1v) is 8.32. The third-order valence-corrected chi connectivity index (χ3v) is 4.78. The molecular weight excluding hydrogens is 356 g/mol. The molecule has 2 aromatic heterocycles. The molecule has 4 rings (SSSR count). The summed E-state index contributed by atoms with van der Waals surface area (Å²) in [6, 6.07) is 8.07. The Morgan fingerprint density at radius 2 is 2.30 bits per heavy atom. The van der Waals surface area contributed by atoms with Crippen LogP contribution in [-0.4, -0.2) is 20.5 Å². The van der Waals surface area contributed by atoms with Crippen molar-refractivity contribution in [2.75, 3.05) is 0 Å². The summed E-state index contributed by atoms with van der Waals surface area (Å²) in [7, 11) is 0. The maximum atomic E-state index is 12.8. The van der Waals surface area contributed by atoms with Crippen LogP contribution in [0.15, 0.2) is 41.1 Å². The summed E-state index contributed by atoms with van der Waals surface area (Å²) in [5.41, 5.74) is 4.32. The number of amides is 1. The Morgan fingerprint density at radius 1 is 1.43 bits per heavy atom. The maximum absolute atomic E-state index is 12.8. The number of fused-ring (bicyclic) bond motifs is 2. The SMILES string of the molecule is Cc1nn2cccnc2c1C(=O)NC1CCc2cc(Br)ccc21. The molecule has 0 aliphatic heterocycles. The smallest absolute Gasteiger partial charge is 0.257 e. The zero-order valence-corrected chi connectivity index (χ0v) is 14.2. The molecule has 1 atom stereocenters. The first-order valence-electron chi connectivity index (χ1n) is 7.52. The number of rotatable bonds is 2. The number of aryl methyl sites for hydroxylation is 2. The van der Waals surface area contributed by atoms with E-state index in [0.29, 0.717) is 16.9 Å². The Hall–Kier alpha value is -2.21. The number of carbonyl (C=O) groups excluding carboxylic acids is 1. The first-order chi connectivity index (χ1) is 11.1. The highest BCUT2D eigenvalue weighted by Gasteiger charge is 2.26. The van der Waals surface area contributed by atoms with Gasteiger partial charge >= 0.3 is 0 Å². The summed E-state index contributed by atoms with van der Waals surface area (Å²) in [6.07, 6.45) is 5.37. The predicted molar refractivity (Wildman–Crippen MR) is 90.4 cm³/mol. The minimum Gasteiger partial charge on any atom is -0.345 e. The molecule has 0 spiro atoms. The van der Waals surface area contributed by atoms with Crippen LogP contribution in [-0.2, 0) is 6.42 Å². The lowest BCUT2D eigenvalue weighted by Crippen LogP contribution is -2.27. The van der Waals surface area contributed by atoms with Crippen LogP contribution >= 0.6 is 15.9 Å². The second-order valence-electron chi connectivity index (χ2n) is 5.76. The highest BCUT2D eigenvalue weighted by molar-refractivity contribution is 9.10. The minimum absolute atomic E-state index is 0.0451. The van der Waals surface area contributed by atoms with E-state index in [4.69, 9.17) is 0 Å². The number of aromatic nitrogens is 3. The molecule has 3 aromatic rings. The fraction of sp³-hybridized carbons (Fsp3) is 0.235. The number of halogens is 1. The summed E-state index contributed by atoms with van der Waals surface area (Å²) in [4.78, 5) is 17.0. The number of nitrogens with zero attached hydrogens (tertiary/aromatic N) is 3. The molecule has 5 nitrogen and oxygen atoms in total. The summed E-state index contributed by atoms with van der Waals surface area (Å²) in [6.45, 7) is 1.84. The average molecular weight is 371 g/mol. The largest absolute Gasteiger partial charge is 0.345 e. The Bertz CT molecular complexity index is 918. The van der Waals surface area contributed by atoms with E-state index in [9.17, 15) is 4.79 Å². The van der Waals surface area contributed by atoms with Crippen LogP contribution in [0.2, 0.25) is 0 Å². The van der Waals surface area contributed by atoms with Crippen molar-refractivity contribution >= 4 is 27.5 Å². The molecule has 1 aromatic carbocycles. The maximum Gasteiger partial charge on any atom is 0.257 e. The Labute approximate surface area is 141 Å². The van der Waals surface area contributed by atoms with Crippen molar-refractivity contribution < 1.29 is 4.79 Å². The van der Waals surface area contributed by atoms with Gasteiger partial charge in [0.15, 0.2) is 5.65 Å². The van der Waals surface area contributed by atoms with Gasteiger partial charge in [-0.3, -0.25) is 4.79 Å². The molecular formula is C17H15BrN4O. The number of hydrogen-bond donors (Lipinski definition) is 1. The summed E-state index contributed by atoms with van der Waals surface area (Å²) < 4.78 is 2.72. The molecule has 1 amide bonds. The Balaban J connectivity index is 1.65. The van der Waals surface area contributed by atoms with Crippen LogP contribution in [0.5, 0.6) is 0 Å². The lowest BCUT2D eigenvalue weighted by Gasteiger charge is -2.14. The van der Waals surface area contributed by atoms with Gasteiger partial charge in [0.25, 0.3) is 5.91 Å². The Morgan fingerprint density at radius 3 is 3.17 bits per heavy atom. The van der Waals surface area contributed by atoms with Crippen LogP contribution in [0.1, 0.15) is 39.6 Å². The molecule has 1 N–H and O–H groups in total. The van der Waals surface area contributed by atoms with E-state index in [0.717, 1.165) is 17.3 Å². The van der Waals surface area contributed by atoms with Crippen molar-refractivity contribution in [3.8, 4) is 0 Å². The highest BCUT2D eigenvalue weighted by Crippen LogP contribution is 2.33. The molecule has 1 unspecified atom stereocenters. The van der Waals surface area contributed by atoms with E-state index in [2.05, 4.69) is 43.5 Å². The topological polar surface area (TPSA) is 59.3 Å². The second-order valence-corrected chi connectivity index (χ2v) is 6.67. The number of hydrogen-bond acceptors (Lipinski definition) is 3. The van der Waals surface area contributed by atoms with Gasteiger partial charge in [0.05, 0.1) is 11.7 Å². The fourth-order valence-electron chi connectivity index (χ4n) is 3.23. The zero-order chi connectivity index (χ0) is 16.0. The molecule has 1 aliphatic carbocycles. The molecule has 0 fully saturated rings. The van der Waals surface area contributed by atoms with Gasteiger partial charge in [-0.25, -0.2) is 9.50 Å². The lowest BCUT2D eigenvalue weighted by molar-refractivity contribution is 0.0937. The number of carbonyl (C=O) groups is 1. The van der Waals surface area contributed by atoms with Crippen LogP contribution in [0.3, 0.4) is 0 Å². The molecule has 0 bridgehead atoms. The molecule has 23 heavy (non-hydrogen) atoms. The van der Waals surface area contributed by atoms with E-state index in [-0.39, 0.29) is 11.9 Å². The van der Waals surface area contributed by atoms with E-state index in [1.165, 1.54) is 11.1 Å².